The molecular weight excluding hydrogens is 272 g/mol. The molecule has 0 saturated carbocycles. The number of hydrogen-bond acceptors (Lipinski definition) is 4. The normalized spacial score (nSPS) is 22.7. The van der Waals surface area contributed by atoms with E-state index in [1.165, 1.54) is 0 Å². The van der Waals surface area contributed by atoms with E-state index in [4.69, 9.17) is 4.74 Å². The summed E-state index contributed by atoms with van der Waals surface area (Å²) >= 11 is 0. The minimum atomic E-state index is -1.03. The number of nitrogens with one attached hydrogen (secondary N) is 2. The van der Waals surface area contributed by atoms with Crippen molar-refractivity contribution in [2.45, 2.75) is 31.0 Å². The van der Waals surface area contributed by atoms with Crippen molar-refractivity contribution in [3.8, 4) is 0 Å². The molecule has 1 aliphatic rings. The number of ether oxygens (including phenoxy) is 1. The van der Waals surface area contributed by atoms with E-state index in [0.717, 1.165) is 5.56 Å². The van der Waals surface area contributed by atoms with E-state index in [9.17, 15) is 14.7 Å². The zero-order chi connectivity index (χ0) is 15.2. The smallest absolute Gasteiger partial charge is 0.326 e. The van der Waals surface area contributed by atoms with Gasteiger partial charge in [-0.1, -0.05) is 30.3 Å². The van der Waals surface area contributed by atoms with Crippen molar-refractivity contribution in [3.63, 3.8) is 0 Å². The quantitative estimate of drug-likeness (QED) is 0.696. The molecule has 1 heterocycles. The molecule has 1 aromatic rings. The van der Waals surface area contributed by atoms with Crippen molar-refractivity contribution in [1.29, 1.82) is 0 Å². The van der Waals surface area contributed by atoms with Gasteiger partial charge in [-0.05, 0) is 12.0 Å². The monoisotopic (exact) mass is 292 g/mol. The summed E-state index contributed by atoms with van der Waals surface area (Å²) in [4.78, 5) is 23.4. The molecule has 0 aromatic heterocycles. The maximum Gasteiger partial charge on any atom is 0.326 e. The highest BCUT2D eigenvalue weighted by Crippen LogP contribution is 2.10. The Kier molecular flexibility index (Phi) is 5.30. The molecule has 1 amide bonds. The van der Waals surface area contributed by atoms with Gasteiger partial charge in [0.05, 0.1) is 12.1 Å². The van der Waals surface area contributed by atoms with Crippen molar-refractivity contribution in [1.82, 2.24) is 10.6 Å². The van der Waals surface area contributed by atoms with Crippen LogP contribution in [0.4, 0.5) is 0 Å². The number of aliphatic carboxylic acids is 1. The SMILES string of the molecule is COC1CNC(C(=O)N[C@@H](Cc2ccccc2)C(=O)O)C1. The van der Waals surface area contributed by atoms with Gasteiger partial charge in [0.1, 0.15) is 6.04 Å². The number of amides is 1. The molecule has 0 aliphatic carbocycles. The third kappa shape index (κ3) is 4.27. The van der Waals surface area contributed by atoms with Gasteiger partial charge in [-0.2, -0.15) is 0 Å². The van der Waals surface area contributed by atoms with Crippen molar-refractivity contribution < 1.29 is 19.4 Å². The van der Waals surface area contributed by atoms with Gasteiger partial charge in [-0.15, -0.1) is 0 Å². The molecule has 1 aromatic carbocycles. The molecule has 0 bridgehead atoms. The molecular formula is C15H20N2O4. The van der Waals surface area contributed by atoms with Gasteiger partial charge in [0, 0.05) is 20.1 Å². The van der Waals surface area contributed by atoms with Gasteiger partial charge in [0.2, 0.25) is 5.91 Å². The lowest BCUT2D eigenvalue weighted by atomic mass is 10.1. The van der Waals surface area contributed by atoms with Gasteiger partial charge in [-0.3, -0.25) is 4.79 Å². The Labute approximate surface area is 123 Å². The fourth-order valence-electron chi connectivity index (χ4n) is 2.40. The first-order valence-electron chi connectivity index (χ1n) is 6.93. The van der Waals surface area contributed by atoms with Crippen LogP contribution in [-0.2, 0) is 20.7 Å². The van der Waals surface area contributed by atoms with Crippen LogP contribution in [0.5, 0.6) is 0 Å². The summed E-state index contributed by atoms with van der Waals surface area (Å²) in [5.41, 5.74) is 0.874. The second kappa shape index (κ2) is 7.19. The average Bonchev–Trinajstić information content (AvgIpc) is 2.96. The zero-order valence-corrected chi connectivity index (χ0v) is 11.9. The minimum Gasteiger partial charge on any atom is -0.480 e. The third-order valence-electron chi connectivity index (χ3n) is 3.64. The first kappa shape index (κ1) is 15.5. The van der Waals surface area contributed by atoms with Crippen LogP contribution in [0.3, 0.4) is 0 Å². The first-order chi connectivity index (χ1) is 10.1. The van der Waals surface area contributed by atoms with E-state index >= 15 is 0 Å². The molecule has 0 radical (unpaired) electrons. The maximum atomic E-state index is 12.1. The summed E-state index contributed by atoms with van der Waals surface area (Å²) in [6.45, 7) is 0.602. The maximum absolute atomic E-state index is 12.1. The number of benzene rings is 1. The van der Waals surface area contributed by atoms with E-state index < -0.39 is 18.1 Å². The number of carboxylic acid groups (broad SMARTS) is 1. The van der Waals surface area contributed by atoms with Crippen LogP contribution in [0.15, 0.2) is 30.3 Å². The Morgan fingerprint density at radius 1 is 1.43 bits per heavy atom. The van der Waals surface area contributed by atoms with Crippen LogP contribution in [0, 0.1) is 0 Å². The van der Waals surface area contributed by atoms with Crippen molar-refractivity contribution in [2.24, 2.45) is 0 Å². The van der Waals surface area contributed by atoms with E-state index in [2.05, 4.69) is 10.6 Å². The van der Waals surface area contributed by atoms with Crippen LogP contribution in [0.1, 0.15) is 12.0 Å². The molecule has 1 aliphatic heterocycles. The fraction of sp³-hybridized carbons (Fsp3) is 0.467. The number of carboxylic acids is 1. The largest absolute Gasteiger partial charge is 0.480 e. The molecule has 1 saturated heterocycles. The Hall–Kier alpha value is -1.92. The average molecular weight is 292 g/mol. The summed E-state index contributed by atoms with van der Waals surface area (Å²) in [6, 6.07) is 7.92. The third-order valence-corrected chi connectivity index (χ3v) is 3.64. The molecule has 6 heteroatoms. The predicted octanol–water partition coefficient (Wildman–Crippen LogP) is 0.175. The Morgan fingerprint density at radius 2 is 2.14 bits per heavy atom. The lowest BCUT2D eigenvalue weighted by Gasteiger charge is -2.17. The van der Waals surface area contributed by atoms with Gasteiger partial charge in [0.15, 0.2) is 0 Å². The summed E-state index contributed by atoms with van der Waals surface area (Å²) in [7, 11) is 1.60. The van der Waals surface area contributed by atoms with Crippen molar-refractivity contribution >= 4 is 11.9 Å². The number of rotatable bonds is 6. The molecule has 1 fully saturated rings. The van der Waals surface area contributed by atoms with Crippen molar-refractivity contribution in [2.75, 3.05) is 13.7 Å². The van der Waals surface area contributed by atoms with E-state index in [-0.39, 0.29) is 18.4 Å². The summed E-state index contributed by atoms with van der Waals surface area (Å²) in [5.74, 6) is -1.33. The number of hydrogen-bond donors (Lipinski definition) is 3. The molecule has 114 valence electrons. The Bertz CT molecular complexity index is 492. The number of carbonyl (C=O) groups is 2. The standard InChI is InChI=1S/C15H20N2O4/c1-21-11-8-12(16-9-11)14(18)17-13(15(19)20)7-10-5-3-2-4-6-10/h2-6,11-13,16H,7-9H2,1H3,(H,17,18)(H,19,20)/t11?,12?,13-/m0/s1. The van der Waals surface area contributed by atoms with Crippen LogP contribution >= 0.6 is 0 Å². The number of methoxy groups -OCH3 is 1. The molecule has 21 heavy (non-hydrogen) atoms. The minimum absolute atomic E-state index is 0.00171. The van der Waals surface area contributed by atoms with Crippen LogP contribution in [0.25, 0.3) is 0 Å². The van der Waals surface area contributed by atoms with Crippen LogP contribution in [0.2, 0.25) is 0 Å². The van der Waals surface area contributed by atoms with Crippen molar-refractivity contribution in [3.05, 3.63) is 35.9 Å². The first-order valence-corrected chi connectivity index (χ1v) is 6.93. The Balaban J connectivity index is 1.94. The molecule has 3 N–H and O–H groups in total. The fourth-order valence-corrected chi connectivity index (χ4v) is 2.40. The molecule has 2 rings (SSSR count). The lowest BCUT2D eigenvalue weighted by molar-refractivity contribution is -0.142. The van der Waals surface area contributed by atoms with Gasteiger partial charge in [-0.25, -0.2) is 4.79 Å². The highest BCUT2D eigenvalue weighted by molar-refractivity contribution is 5.87. The second-order valence-corrected chi connectivity index (χ2v) is 5.14. The highest BCUT2D eigenvalue weighted by atomic mass is 16.5. The summed E-state index contributed by atoms with van der Waals surface area (Å²) < 4.78 is 5.18. The van der Waals surface area contributed by atoms with Gasteiger partial charge < -0.3 is 20.5 Å². The summed E-state index contributed by atoms with van der Waals surface area (Å²) in [6.07, 6.45) is 0.820. The van der Waals surface area contributed by atoms with E-state index in [1.54, 1.807) is 7.11 Å². The number of carbonyl (C=O) groups excluding carboxylic acids is 1. The molecule has 0 spiro atoms. The molecule has 2 unspecified atom stereocenters. The second-order valence-electron chi connectivity index (χ2n) is 5.14. The highest BCUT2D eigenvalue weighted by Gasteiger charge is 2.31. The molecule has 3 atom stereocenters. The van der Waals surface area contributed by atoms with E-state index in [0.29, 0.717) is 13.0 Å². The van der Waals surface area contributed by atoms with E-state index in [1.807, 2.05) is 30.3 Å². The summed E-state index contributed by atoms with van der Waals surface area (Å²) in [5, 5.41) is 14.9. The predicted molar refractivity (Wildman–Crippen MR) is 76.9 cm³/mol. The topological polar surface area (TPSA) is 87.7 Å². The van der Waals surface area contributed by atoms with Gasteiger partial charge >= 0.3 is 5.97 Å². The zero-order valence-electron chi connectivity index (χ0n) is 11.9. The lowest BCUT2D eigenvalue weighted by Crippen LogP contribution is -2.49. The Morgan fingerprint density at radius 3 is 2.71 bits per heavy atom. The van der Waals surface area contributed by atoms with Gasteiger partial charge in [0.25, 0.3) is 0 Å². The van der Waals surface area contributed by atoms with Crippen LogP contribution < -0.4 is 10.6 Å². The van der Waals surface area contributed by atoms with Crippen LogP contribution in [-0.4, -0.2) is 48.8 Å². The molecule has 6 nitrogen and oxygen atoms in total.